The van der Waals surface area contributed by atoms with Gasteiger partial charge in [0.15, 0.2) is 0 Å². The first-order valence-corrected chi connectivity index (χ1v) is 6.38. The third-order valence-electron chi connectivity index (χ3n) is 2.33. The Morgan fingerprint density at radius 2 is 2.20 bits per heavy atom. The summed E-state index contributed by atoms with van der Waals surface area (Å²) >= 11 is 1.92. The van der Waals surface area contributed by atoms with Gasteiger partial charge in [-0.25, -0.2) is 0 Å². The SMILES string of the molecule is CCC(N)C(SC(C)C)c1cnn(C)c1. The first-order chi connectivity index (χ1) is 7.04. The van der Waals surface area contributed by atoms with Crippen molar-refractivity contribution in [2.24, 2.45) is 12.8 Å². The van der Waals surface area contributed by atoms with Gasteiger partial charge in [0.1, 0.15) is 0 Å². The number of hydrogen-bond donors (Lipinski definition) is 1. The van der Waals surface area contributed by atoms with Gasteiger partial charge >= 0.3 is 0 Å². The molecule has 15 heavy (non-hydrogen) atoms. The average molecular weight is 227 g/mol. The van der Waals surface area contributed by atoms with Crippen LogP contribution in [0, 0.1) is 0 Å². The summed E-state index contributed by atoms with van der Waals surface area (Å²) in [5, 5.41) is 5.16. The van der Waals surface area contributed by atoms with E-state index in [1.807, 2.05) is 29.7 Å². The second-order valence-electron chi connectivity index (χ2n) is 4.12. The van der Waals surface area contributed by atoms with Crippen LogP contribution in [0.5, 0.6) is 0 Å². The van der Waals surface area contributed by atoms with Crippen LogP contribution in [0.2, 0.25) is 0 Å². The van der Waals surface area contributed by atoms with E-state index in [4.69, 9.17) is 5.73 Å². The Morgan fingerprint density at radius 3 is 2.60 bits per heavy atom. The lowest BCUT2D eigenvalue weighted by atomic mass is 10.1. The molecule has 0 aliphatic heterocycles. The second kappa shape index (κ2) is 5.56. The molecular weight excluding hydrogens is 206 g/mol. The van der Waals surface area contributed by atoms with Crippen molar-refractivity contribution in [1.82, 2.24) is 9.78 Å². The molecule has 3 nitrogen and oxygen atoms in total. The zero-order valence-electron chi connectivity index (χ0n) is 9.97. The van der Waals surface area contributed by atoms with Crippen molar-refractivity contribution in [1.29, 1.82) is 0 Å². The number of rotatable bonds is 5. The lowest BCUT2D eigenvalue weighted by molar-refractivity contribution is 0.632. The van der Waals surface area contributed by atoms with Crippen LogP contribution in [0.1, 0.15) is 38.0 Å². The Kier molecular flexibility index (Phi) is 4.67. The predicted molar refractivity (Wildman–Crippen MR) is 66.9 cm³/mol. The van der Waals surface area contributed by atoms with Gasteiger partial charge in [0.2, 0.25) is 0 Å². The van der Waals surface area contributed by atoms with Gasteiger partial charge in [0, 0.05) is 30.1 Å². The molecule has 2 unspecified atom stereocenters. The van der Waals surface area contributed by atoms with Crippen LogP contribution in [-0.2, 0) is 7.05 Å². The number of hydrogen-bond acceptors (Lipinski definition) is 3. The molecule has 0 saturated carbocycles. The Hall–Kier alpha value is -0.480. The van der Waals surface area contributed by atoms with Crippen molar-refractivity contribution >= 4 is 11.8 Å². The molecule has 1 rings (SSSR count). The highest BCUT2D eigenvalue weighted by atomic mass is 32.2. The van der Waals surface area contributed by atoms with Crippen LogP contribution < -0.4 is 5.73 Å². The summed E-state index contributed by atoms with van der Waals surface area (Å²) < 4.78 is 1.84. The van der Waals surface area contributed by atoms with Crippen LogP contribution in [-0.4, -0.2) is 21.1 Å². The molecule has 0 spiro atoms. The molecule has 2 N–H and O–H groups in total. The van der Waals surface area contributed by atoms with E-state index in [2.05, 4.69) is 32.1 Å². The molecule has 0 aliphatic carbocycles. The highest BCUT2D eigenvalue weighted by Gasteiger charge is 2.21. The number of thioether (sulfide) groups is 1. The van der Waals surface area contributed by atoms with Gasteiger partial charge in [-0.15, -0.1) is 11.8 Å². The monoisotopic (exact) mass is 227 g/mol. The quantitative estimate of drug-likeness (QED) is 0.839. The standard InChI is InChI=1S/C11H21N3S/c1-5-10(12)11(15-8(2)3)9-6-13-14(4)7-9/h6-8,10-11H,5,12H2,1-4H3. The van der Waals surface area contributed by atoms with E-state index in [-0.39, 0.29) is 6.04 Å². The third kappa shape index (κ3) is 3.54. The Balaban J connectivity index is 2.80. The van der Waals surface area contributed by atoms with E-state index in [1.54, 1.807) is 0 Å². The largest absolute Gasteiger partial charge is 0.326 e. The first kappa shape index (κ1) is 12.6. The number of aryl methyl sites for hydroxylation is 1. The van der Waals surface area contributed by atoms with Crippen molar-refractivity contribution in [2.75, 3.05) is 0 Å². The summed E-state index contributed by atoms with van der Waals surface area (Å²) in [6, 6.07) is 0.210. The average Bonchev–Trinajstić information content (AvgIpc) is 2.59. The maximum Gasteiger partial charge on any atom is 0.0533 e. The van der Waals surface area contributed by atoms with Crippen molar-refractivity contribution in [3.05, 3.63) is 18.0 Å². The van der Waals surface area contributed by atoms with E-state index in [0.29, 0.717) is 10.5 Å². The predicted octanol–water partition coefficient (Wildman–Crippen LogP) is 2.34. The van der Waals surface area contributed by atoms with Crippen molar-refractivity contribution in [2.45, 2.75) is 43.7 Å². The summed E-state index contributed by atoms with van der Waals surface area (Å²) in [4.78, 5) is 0. The van der Waals surface area contributed by atoms with Crippen LogP contribution in [0.25, 0.3) is 0 Å². The Bertz CT molecular complexity index is 296. The summed E-state index contributed by atoms with van der Waals surface area (Å²) in [6.07, 6.45) is 4.99. The van der Waals surface area contributed by atoms with Gasteiger partial charge < -0.3 is 5.73 Å². The molecule has 1 heterocycles. The normalized spacial score (nSPS) is 15.6. The fourth-order valence-corrected chi connectivity index (χ4v) is 2.78. The molecule has 0 aliphatic rings. The molecule has 1 aromatic rings. The highest BCUT2D eigenvalue weighted by molar-refractivity contribution is 8.00. The third-order valence-corrected chi connectivity index (χ3v) is 3.79. The topological polar surface area (TPSA) is 43.8 Å². The summed E-state index contributed by atoms with van der Waals surface area (Å²) in [7, 11) is 1.94. The minimum Gasteiger partial charge on any atom is -0.326 e. The van der Waals surface area contributed by atoms with Crippen molar-refractivity contribution in [3.63, 3.8) is 0 Å². The zero-order valence-corrected chi connectivity index (χ0v) is 10.8. The maximum absolute atomic E-state index is 6.15. The first-order valence-electron chi connectivity index (χ1n) is 5.44. The summed E-state index contributed by atoms with van der Waals surface area (Å²) in [6.45, 7) is 6.54. The van der Waals surface area contributed by atoms with Gasteiger partial charge in [-0.3, -0.25) is 4.68 Å². The van der Waals surface area contributed by atoms with Crippen LogP contribution in [0.15, 0.2) is 12.4 Å². The van der Waals surface area contributed by atoms with E-state index in [0.717, 1.165) is 6.42 Å². The number of aromatic nitrogens is 2. The van der Waals surface area contributed by atoms with E-state index >= 15 is 0 Å². The molecule has 4 heteroatoms. The molecule has 2 atom stereocenters. The van der Waals surface area contributed by atoms with Crippen LogP contribution >= 0.6 is 11.8 Å². The fourth-order valence-electron chi connectivity index (χ4n) is 1.52. The number of nitrogens with two attached hydrogens (primary N) is 1. The lowest BCUT2D eigenvalue weighted by Crippen LogP contribution is -2.26. The Labute approximate surface area is 96.4 Å². The molecule has 0 saturated heterocycles. The highest BCUT2D eigenvalue weighted by Crippen LogP contribution is 2.34. The van der Waals surface area contributed by atoms with Gasteiger partial charge in [-0.05, 0) is 11.7 Å². The molecule has 0 fully saturated rings. The summed E-state index contributed by atoms with van der Waals surface area (Å²) in [5.41, 5.74) is 7.39. The van der Waals surface area contributed by atoms with Gasteiger partial charge in [-0.1, -0.05) is 20.8 Å². The smallest absolute Gasteiger partial charge is 0.0533 e. The minimum atomic E-state index is 0.210. The van der Waals surface area contributed by atoms with Crippen molar-refractivity contribution < 1.29 is 0 Å². The van der Waals surface area contributed by atoms with E-state index in [9.17, 15) is 0 Å². The van der Waals surface area contributed by atoms with Crippen LogP contribution in [0.3, 0.4) is 0 Å². The fraction of sp³-hybridized carbons (Fsp3) is 0.727. The Morgan fingerprint density at radius 1 is 1.53 bits per heavy atom. The number of nitrogens with zero attached hydrogens (tertiary/aromatic N) is 2. The van der Waals surface area contributed by atoms with Crippen LogP contribution in [0.4, 0.5) is 0 Å². The molecule has 86 valence electrons. The second-order valence-corrected chi connectivity index (χ2v) is 5.85. The molecule has 1 aromatic heterocycles. The van der Waals surface area contributed by atoms with Gasteiger partial charge in [0.25, 0.3) is 0 Å². The zero-order chi connectivity index (χ0) is 11.4. The lowest BCUT2D eigenvalue weighted by Gasteiger charge is -2.23. The van der Waals surface area contributed by atoms with E-state index < -0.39 is 0 Å². The van der Waals surface area contributed by atoms with E-state index in [1.165, 1.54) is 5.56 Å². The molecule has 0 radical (unpaired) electrons. The molecule has 0 amide bonds. The maximum atomic E-state index is 6.15. The molecule has 0 aromatic carbocycles. The summed E-state index contributed by atoms with van der Waals surface area (Å²) in [5.74, 6) is 0. The molecule has 0 bridgehead atoms. The van der Waals surface area contributed by atoms with Crippen molar-refractivity contribution in [3.8, 4) is 0 Å². The minimum absolute atomic E-state index is 0.210. The van der Waals surface area contributed by atoms with Gasteiger partial charge in [0.05, 0.1) is 6.20 Å². The van der Waals surface area contributed by atoms with Gasteiger partial charge in [-0.2, -0.15) is 5.10 Å². The molecular formula is C11H21N3S.